The lowest BCUT2D eigenvalue weighted by atomic mass is 10.2. The molecule has 5 heteroatoms. The van der Waals surface area contributed by atoms with Crippen molar-refractivity contribution in [2.24, 2.45) is 0 Å². The maximum atomic E-state index is 5.93. The number of likely N-dealkylation sites (N-methyl/N-ethyl adjacent to an activating group) is 1. The number of pyridine rings is 1. The number of alkyl halides is 1. The zero-order valence-corrected chi connectivity index (χ0v) is 11.9. The average molecular weight is 277 g/mol. The van der Waals surface area contributed by atoms with E-state index in [0.29, 0.717) is 5.88 Å². The summed E-state index contributed by atoms with van der Waals surface area (Å²) in [6, 6.07) is 4.06. The quantitative estimate of drug-likeness (QED) is 0.787. The molecule has 19 heavy (non-hydrogen) atoms. The first-order valence-electron chi connectivity index (χ1n) is 6.19. The Hall–Kier alpha value is -1.68. The zero-order valence-electron chi connectivity index (χ0n) is 11.2. The molecule has 0 unspecified atom stereocenters. The molecule has 0 aliphatic rings. The maximum absolute atomic E-state index is 5.93. The van der Waals surface area contributed by atoms with Crippen LogP contribution in [-0.4, -0.2) is 28.5 Å². The van der Waals surface area contributed by atoms with Crippen LogP contribution in [0.25, 0.3) is 0 Å². The smallest absolute Gasteiger partial charge is 0.136 e. The summed E-state index contributed by atoms with van der Waals surface area (Å²) in [5.41, 5.74) is 2.23. The minimum absolute atomic E-state index is 0.426. The lowest BCUT2D eigenvalue weighted by molar-refractivity contribution is 0.839. The standard InChI is InChI=1S/C14H17ClN4/c1-11-17-10-13(9-15)14(18-11)19(2)8-5-12-3-6-16-7-4-12/h3-4,6-7,10H,5,8-9H2,1-2H3. The first-order valence-corrected chi connectivity index (χ1v) is 6.72. The molecule has 2 aromatic rings. The van der Waals surface area contributed by atoms with E-state index in [2.05, 4.69) is 19.9 Å². The largest absolute Gasteiger partial charge is 0.359 e. The molecule has 100 valence electrons. The van der Waals surface area contributed by atoms with E-state index in [1.54, 1.807) is 6.20 Å². The van der Waals surface area contributed by atoms with Gasteiger partial charge in [0.05, 0.1) is 5.88 Å². The van der Waals surface area contributed by atoms with Crippen LogP contribution in [0, 0.1) is 6.92 Å². The SMILES string of the molecule is Cc1ncc(CCl)c(N(C)CCc2ccncc2)n1. The molecule has 0 spiro atoms. The van der Waals surface area contributed by atoms with Crippen LogP contribution in [0.4, 0.5) is 5.82 Å². The highest BCUT2D eigenvalue weighted by atomic mass is 35.5. The van der Waals surface area contributed by atoms with Gasteiger partial charge in [0.15, 0.2) is 0 Å². The van der Waals surface area contributed by atoms with E-state index in [4.69, 9.17) is 11.6 Å². The Kier molecular flexibility index (Phi) is 4.68. The van der Waals surface area contributed by atoms with Gasteiger partial charge in [-0.3, -0.25) is 4.98 Å². The Labute approximate surface area is 118 Å². The minimum Gasteiger partial charge on any atom is -0.359 e. The second-order valence-corrected chi connectivity index (χ2v) is 4.69. The van der Waals surface area contributed by atoms with Gasteiger partial charge < -0.3 is 4.90 Å². The van der Waals surface area contributed by atoms with Crippen molar-refractivity contribution in [2.45, 2.75) is 19.2 Å². The number of halogens is 1. The summed E-state index contributed by atoms with van der Waals surface area (Å²) in [7, 11) is 2.03. The fourth-order valence-corrected chi connectivity index (χ4v) is 2.05. The highest BCUT2D eigenvalue weighted by Gasteiger charge is 2.09. The normalized spacial score (nSPS) is 10.5. The molecule has 0 atom stereocenters. The summed E-state index contributed by atoms with van der Waals surface area (Å²) in [5.74, 6) is 2.10. The summed E-state index contributed by atoms with van der Waals surface area (Å²) in [5, 5.41) is 0. The average Bonchev–Trinajstić information content (AvgIpc) is 2.46. The Bertz CT molecular complexity index is 530. The van der Waals surface area contributed by atoms with Crippen molar-refractivity contribution < 1.29 is 0 Å². The van der Waals surface area contributed by atoms with E-state index in [-0.39, 0.29) is 0 Å². The van der Waals surface area contributed by atoms with Gasteiger partial charge in [0.25, 0.3) is 0 Å². The molecule has 0 aliphatic heterocycles. The maximum Gasteiger partial charge on any atom is 0.136 e. The number of rotatable bonds is 5. The predicted octanol–water partition coefficient (Wildman–Crippen LogP) is 2.60. The van der Waals surface area contributed by atoms with Gasteiger partial charge in [-0.05, 0) is 31.0 Å². The van der Waals surface area contributed by atoms with Crippen molar-refractivity contribution >= 4 is 17.4 Å². The van der Waals surface area contributed by atoms with Gasteiger partial charge in [-0.1, -0.05) is 0 Å². The second-order valence-electron chi connectivity index (χ2n) is 4.43. The molecule has 0 aromatic carbocycles. The zero-order chi connectivity index (χ0) is 13.7. The van der Waals surface area contributed by atoms with Gasteiger partial charge in [0.2, 0.25) is 0 Å². The van der Waals surface area contributed by atoms with E-state index in [1.807, 2.05) is 38.5 Å². The van der Waals surface area contributed by atoms with Gasteiger partial charge in [-0.2, -0.15) is 0 Å². The first kappa shape index (κ1) is 13.7. The molecule has 0 radical (unpaired) electrons. The summed E-state index contributed by atoms with van der Waals surface area (Å²) in [4.78, 5) is 14.8. The van der Waals surface area contributed by atoms with Crippen molar-refractivity contribution in [1.29, 1.82) is 0 Å². The highest BCUT2D eigenvalue weighted by Crippen LogP contribution is 2.18. The van der Waals surface area contributed by atoms with Crippen LogP contribution in [0.1, 0.15) is 17.0 Å². The molecule has 2 heterocycles. The number of aromatic nitrogens is 3. The van der Waals surface area contributed by atoms with Crippen LogP contribution in [0.3, 0.4) is 0 Å². The van der Waals surface area contributed by atoms with Crippen molar-refractivity contribution in [2.75, 3.05) is 18.5 Å². The molecular formula is C14H17ClN4. The molecule has 0 aliphatic carbocycles. The molecular weight excluding hydrogens is 260 g/mol. The molecule has 4 nitrogen and oxygen atoms in total. The van der Waals surface area contributed by atoms with Crippen LogP contribution in [-0.2, 0) is 12.3 Å². The Morgan fingerprint density at radius 1 is 1.26 bits per heavy atom. The van der Waals surface area contributed by atoms with E-state index >= 15 is 0 Å². The number of nitrogens with zero attached hydrogens (tertiary/aromatic N) is 4. The monoisotopic (exact) mass is 276 g/mol. The number of aryl methyl sites for hydroxylation is 1. The van der Waals surface area contributed by atoms with Crippen LogP contribution in [0.15, 0.2) is 30.7 Å². The Morgan fingerprint density at radius 3 is 2.68 bits per heavy atom. The third-order valence-corrected chi connectivity index (χ3v) is 3.24. The number of hydrogen-bond donors (Lipinski definition) is 0. The summed E-state index contributed by atoms with van der Waals surface area (Å²) >= 11 is 5.93. The fourth-order valence-electron chi connectivity index (χ4n) is 1.86. The van der Waals surface area contributed by atoms with Crippen molar-refractivity contribution in [1.82, 2.24) is 15.0 Å². The van der Waals surface area contributed by atoms with Crippen LogP contribution >= 0.6 is 11.6 Å². The first-order chi connectivity index (χ1) is 9.20. The van der Waals surface area contributed by atoms with Crippen LogP contribution < -0.4 is 4.90 Å². The topological polar surface area (TPSA) is 41.9 Å². The summed E-state index contributed by atoms with van der Waals surface area (Å²) < 4.78 is 0. The van der Waals surface area contributed by atoms with Crippen molar-refractivity contribution in [3.63, 3.8) is 0 Å². The van der Waals surface area contributed by atoms with E-state index in [9.17, 15) is 0 Å². The Balaban J connectivity index is 2.07. The highest BCUT2D eigenvalue weighted by molar-refractivity contribution is 6.17. The Morgan fingerprint density at radius 2 is 2.00 bits per heavy atom. The van der Waals surface area contributed by atoms with Crippen LogP contribution in [0.2, 0.25) is 0 Å². The number of anilines is 1. The third kappa shape index (κ3) is 3.64. The molecule has 2 rings (SSSR count). The molecule has 0 bridgehead atoms. The van der Waals surface area contributed by atoms with E-state index in [1.165, 1.54) is 5.56 Å². The predicted molar refractivity (Wildman–Crippen MR) is 77.5 cm³/mol. The van der Waals surface area contributed by atoms with Gasteiger partial charge >= 0.3 is 0 Å². The minimum atomic E-state index is 0.426. The van der Waals surface area contributed by atoms with Crippen LogP contribution in [0.5, 0.6) is 0 Å². The van der Waals surface area contributed by atoms with Gasteiger partial charge in [-0.15, -0.1) is 11.6 Å². The molecule has 0 saturated carbocycles. The van der Waals surface area contributed by atoms with Crippen molar-refractivity contribution in [3.05, 3.63) is 47.7 Å². The summed E-state index contributed by atoms with van der Waals surface area (Å²) in [6.45, 7) is 2.77. The molecule has 2 aromatic heterocycles. The number of hydrogen-bond acceptors (Lipinski definition) is 4. The molecule has 0 saturated heterocycles. The third-order valence-electron chi connectivity index (χ3n) is 2.95. The molecule has 0 fully saturated rings. The second kappa shape index (κ2) is 6.48. The molecule has 0 N–H and O–H groups in total. The van der Waals surface area contributed by atoms with Gasteiger partial charge in [0, 0.05) is 37.7 Å². The lowest BCUT2D eigenvalue weighted by Crippen LogP contribution is -2.23. The lowest BCUT2D eigenvalue weighted by Gasteiger charge is -2.20. The van der Waals surface area contributed by atoms with E-state index in [0.717, 1.165) is 30.2 Å². The fraction of sp³-hybridized carbons (Fsp3) is 0.357. The summed E-state index contributed by atoms with van der Waals surface area (Å²) in [6.07, 6.45) is 6.38. The molecule has 0 amide bonds. The van der Waals surface area contributed by atoms with Gasteiger partial charge in [-0.25, -0.2) is 9.97 Å². The van der Waals surface area contributed by atoms with Crippen molar-refractivity contribution in [3.8, 4) is 0 Å². The van der Waals surface area contributed by atoms with E-state index < -0.39 is 0 Å². The van der Waals surface area contributed by atoms with Gasteiger partial charge in [0.1, 0.15) is 11.6 Å².